The number of nitrogens with zero attached hydrogens (tertiary/aromatic N) is 2. The lowest BCUT2D eigenvalue weighted by molar-refractivity contribution is 0.0303. The molecule has 1 saturated heterocycles. The van der Waals surface area contributed by atoms with Gasteiger partial charge in [0.2, 0.25) is 0 Å². The van der Waals surface area contributed by atoms with Gasteiger partial charge in [0.25, 0.3) is 11.8 Å². The highest BCUT2D eigenvalue weighted by molar-refractivity contribution is 6.38. The van der Waals surface area contributed by atoms with Gasteiger partial charge in [0.15, 0.2) is 0 Å². The normalized spacial score (nSPS) is 20.2. The largest absolute Gasteiger partial charge is 0.378 e. The van der Waals surface area contributed by atoms with E-state index in [0.717, 1.165) is 23.9 Å². The number of carbonyl (C=O) groups is 1. The van der Waals surface area contributed by atoms with Crippen molar-refractivity contribution in [1.29, 1.82) is 0 Å². The van der Waals surface area contributed by atoms with E-state index in [1.807, 2.05) is 20.8 Å². The molecule has 8 heteroatoms. The minimum absolute atomic E-state index is 0.00406. The zero-order valence-electron chi connectivity index (χ0n) is 20.1. The highest BCUT2D eigenvalue weighted by Crippen LogP contribution is 2.34. The molecule has 3 rings (SSSR count). The van der Waals surface area contributed by atoms with E-state index in [1.54, 1.807) is 30.0 Å². The molecule has 0 radical (unpaired) electrons. The second kappa shape index (κ2) is 10.7. The van der Waals surface area contributed by atoms with Crippen LogP contribution in [-0.2, 0) is 11.2 Å². The smallest absolute Gasteiger partial charge is 0.270 e. The summed E-state index contributed by atoms with van der Waals surface area (Å²) in [7, 11) is 0. The molecule has 1 atom stereocenters. The van der Waals surface area contributed by atoms with Crippen molar-refractivity contribution in [2.24, 2.45) is 10.9 Å². The van der Waals surface area contributed by atoms with Gasteiger partial charge in [-0.25, -0.2) is 8.78 Å². The summed E-state index contributed by atoms with van der Waals surface area (Å²) in [5, 5.41) is 0.749. The van der Waals surface area contributed by atoms with Crippen LogP contribution in [0.15, 0.2) is 51.7 Å². The van der Waals surface area contributed by atoms with Crippen molar-refractivity contribution in [1.82, 2.24) is 4.90 Å². The molecule has 0 unspecified atom stereocenters. The van der Waals surface area contributed by atoms with Crippen LogP contribution in [0.3, 0.4) is 0 Å². The number of hydrogen-bond acceptors (Lipinski definition) is 3. The number of carbonyl (C=O) groups excluding carboxylic acids is 1. The summed E-state index contributed by atoms with van der Waals surface area (Å²) in [5.41, 5.74) is 4.09. The lowest BCUT2D eigenvalue weighted by atomic mass is 9.88. The molecule has 0 spiro atoms. The van der Waals surface area contributed by atoms with E-state index in [1.165, 1.54) is 6.08 Å². The van der Waals surface area contributed by atoms with Crippen molar-refractivity contribution in [2.75, 3.05) is 26.3 Å². The summed E-state index contributed by atoms with van der Waals surface area (Å²) in [4.78, 5) is 19.6. The number of hydrogen-bond donors (Lipinski definition) is 0. The summed E-state index contributed by atoms with van der Waals surface area (Å²) >= 11 is 13.2. The van der Waals surface area contributed by atoms with Gasteiger partial charge >= 0.3 is 0 Å². The Morgan fingerprint density at radius 3 is 2.44 bits per heavy atom. The fraction of sp³-hybridized carbons (Fsp3) is 0.462. The van der Waals surface area contributed by atoms with Crippen LogP contribution in [0.25, 0.3) is 0 Å². The number of amides is 1. The zero-order chi connectivity index (χ0) is 25.2. The first-order chi connectivity index (χ1) is 15.9. The molecule has 0 aromatic heterocycles. The lowest BCUT2D eigenvalue weighted by Crippen LogP contribution is -2.40. The standard InChI is InChI=1S/C26H30Cl2F2N2O2/c1-15(2)22(31-24-16(3)12-18(13-17(24)4)26(5,29)30)14-20-21(27)7-6-19(23(20)28)25(33)32-8-10-34-11-9-32/h6-7,12-13,16H,8-11,14H2,1-5H3/b31-24+/t16-/m0/s1. The van der Waals surface area contributed by atoms with Gasteiger partial charge in [0.1, 0.15) is 0 Å². The van der Waals surface area contributed by atoms with E-state index in [-0.39, 0.29) is 17.4 Å². The molecule has 1 aliphatic carbocycles. The van der Waals surface area contributed by atoms with Gasteiger partial charge in [0.05, 0.1) is 29.5 Å². The maximum absolute atomic E-state index is 13.9. The molecule has 0 saturated carbocycles. The highest BCUT2D eigenvalue weighted by atomic mass is 35.5. The van der Waals surface area contributed by atoms with Crippen LogP contribution >= 0.6 is 23.2 Å². The number of rotatable bonds is 5. The van der Waals surface area contributed by atoms with Crippen molar-refractivity contribution in [2.45, 2.75) is 47.0 Å². The summed E-state index contributed by atoms with van der Waals surface area (Å²) in [6.45, 7) is 10.4. The molecule has 0 bridgehead atoms. The molecule has 1 aliphatic heterocycles. The Morgan fingerprint density at radius 1 is 1.24 bits per heavy atom. The van der Waals surface area contributed by atoms with Gasteiger partial charge in [-0.1, -0.05) is 41.8 Å². The van der Waals surface area contributed by atoms with Crippen LogP contribution in [0.1, 0.15) is 50.5 Å². The van der Waals surface area contributed by atoms with E-state index in [4.69, 9.17) is 32.9 Å². The van der Waals surface area contributed by atoms with Gasteiger partial charge in [0, 0.05) is 48.6 Å². The Morgan fingerprint density at radius 2 is 1.88 bits per heavy atom. The van der Waals surface area contributed by atoms with E-state index in [2.05, 4.69) is 0 Å². The third-order valence-corrected chi connectivity index (χ3v) is 6.82. The second-order valence-electron chi connectivity index (χ2n) is 9.04. The molecule has 184 valence electrons. The fourth-order valence-corrected chi connectivity index (χ4v) is 4.61. The predicted octanol–water partition coefficient (Wildman–Crippen LogP) is 6.92. The van der Waals surface area contributed by atoms with E-state index in [9.17, 15) is 13.6 Å². The summed E-state index contributed by atoms with van der Waals surface area (Å²) < 4.78 is 33.0. The van der Waals surface area contributed by atoms with Crippen LogP contribution in [0.2, 0.25) is 10.0 Å². The lowest BCUT2D eigenvalue weighted by Gasteiger charge is -2.27. The number of halogens is 4. The minimum Gasteiger partial charge on any atom is -0.378 e. The molecule has 1 amide bonds. The van der Waals surface area contributed by atoms with Gasteiger partial charge in [-0.15, -0.1) is 0 Å². The molecule has 0 N–H and O–H groups in total. The Hall–Kier alpha value is -2.02. The Kier molecular flexibility index (Phi) is 8.38. The molecule has 34 heavy (non-hydrogen) atoms. The average Bonchev–Trinajstić information content (AvgIpc) is 2.76. The summed E-state index contributed by atoms with van der Waals surface area (Å²) in [6, 6.07) is 3.33. The Balaban J connectivity index is 1.94. The quantitative estimate of drug-likeness (QED) is 0.431. The average molecular weight is 511 g/mol. The molecule has 2 aliphatic rings. The fourth-order valence-electron chi connectivity index (χ4n) is 4.03. The zero-order valence-corrected chi connectivity index (χ0v) is 21.7. The summed E-state index contributed by atoms with van der Waals surface area (Å²) in [5.74, 6) is -3.34. The molecule has 1 aromatic rings. The number of allylic oxidation sites excluding steroid dienone is 6. The van der Waals surface area contributed by atoms with Gasteiger partial charge in [-0.2, -0.15) is 0 Å². The number of alkyl halides is 2. The number of ether oxygens (including phenoxy) is 1. The van der Waals surface area contributed by atoms with Crippen molar-refractivity contribution in [3.63, 3.8) is 0 Å². The van der Waals surface area contributed by atoms with Crippen LogP contribution in [-0.4, -0.2) is 48.7 Å². The van der Waals surface area contributed by atoms with Crippen molar-refractivity contribution in [3.05, 3.63) is 67.9 Å². The minimum atomic E-state index is -2.91. The van der Waals surface area contributed by atoms with Gasteiger partial charge in [-0.05, 0) is 50.1 Å². The van der Waals surface area contributed by atoms with E-state index < -0.39 is 5.92 Å². The summed E-state index contributed by atoms with van der Waals surface area (Å²) in [6.07, 6.45) is 3.35. The Bertz CT molecular complexity index is 1090. The van der Waals surface area contributed by atoms with Crippen LogP contribution in [0.5, 0.6) is 0 Å². The monoisotopic (exact) mass is 510 g/mol. The molecule has 4 nitrogen and oxygen atoms in total. The second-order valence-corrected chi connectivity index (χ2v) is 9.82. The molecular formula is C26H30Cl2F2N2O2. The molecular weight excluding hydrogens is 481 g/mol. The molecule has 1 heterocycles. The van der Waals surface area contributed by atoms with E-state index in [0.29, 0.717) is 59.5 Å². The van der Waals surface area contributed by atoms with Crippen molar-refractivity contribution < 1.29 is 18.3 Å². The first kappa shape index (κ1) is 26.6. The maximum Gasteiger partial charge on any atom is 0.270 e. The van der Waals surface area contributed by atoms with Crippen LogP contribution < -0.4 is 0 Å². The first-order valence-electron chi connectivity index (χ1n) is 11.3. The molecule has 1 fully saturated rings. The van der Waals surface area contributed by atoms with Crippen molar-refractivity contribution >= 4 is 34.8 Å². The third-order valence-electron chi connectivity index (χ3n) is 6.04. The third kappa shape index (κ3) is 5.96. The van der Waals surface area contributed by atoms with Gasteiger partial charge < -0.3 is 9.64 Å². The van der Waals surface area contributed by atoms with Crippen LogP contribution in [0.4, 0.5) is 8.78 Å². The highest BCUT2D eigenvalue weighted by Gasteiger charge is 2.30. The number of aliphatic imine (C=N–C) groups is 1. The predicted molar refractivity (Wildman–Crippen MR) is 134 cm³/mol. The van der Waals surface area contributed by atoms with Crippen LogP contribution in [0, 0.1) is 5.92 Å². The Labute approximate surface area is 210 Å². The maximum atomic E-state index is 13.9. The number of morpholine rings is 1. The van der Waals surface area contributed by atoms with Crippen molar-refractivity contribution in [3.8, 4) is 0 Å². The topological polar surface area (TPSA) is 41.9 Å². The molecule has 1 aromatic carbocycles. The number of benzene rings is 1. The van der Waals surface area contributed by atoms with E-state index >= 15 is 0 Å². The SMILES string of the molecule is CC1=CC(C(C)(F)F)=C[C@H](C)/C1=N\C(Cc1c(Cl)ccc(C(=O)N2CCOCC2)c1Cl)=C(C)C. The first-order valence-corrected chi connectivity index (χ1v) is 12.0. The van der Waals surface area contributed by atoms with Gasteiger partial charge in [-0.3, -0.25) is 9.79 Å².